The van der Waals surface area contributed by atoms with Crippen LogP contribution in [0, 0.1) is 0 Å². The van der Waals surface area contributed by atoms with Crippen LogP contribution in [0.25, 0.3) is 0 Å². The molecule has 0 aliphatic carbocycles. The van der Waals surface area contributed by atoms with Gasteiger partial charge in [0.05, 0.1) is 6.10 Å². The van der Waals surface area contributed by atoms with Crippen molar-refractivity contribution in [2.45, 2.75) is 38.8 Å². The van der Waals surface area contributed by atoms with Crippen LogP contribution in [-0.2, 0) is 0 Å². The quantitative estimate of drug-likeness (QED) is 0.796. The number of benzene rings is 1. The summed E-state index contributed by atoms with van der Waals surface area (Å²) in [6, 6.07) is 6.62. The van der Waals surface area contributed by atoms with Crippen molar-refractivity contribution in [3.8, 4) is 0 Å². The normalized spacial score (nSPS) is 18.2. The minimum atomic E-state index is -0.443. The third kappa shape index (κ3) is 4.46. The van der Waals surface area contributed by atoms with Crippen LogP contribution in [0.3, 0.4) is 0 Å². The molecule has 1 aromatic carbocycles. The number of aliphatic hydroxyl groups is 1. The second kappa shape index (κ2) is 7.26. The van der Waals surface area contributed by atoms with Gasteiger partial charge in [-0.05, 0) is 51.0 Å². The van der Waals surface area contributed by atoms with Gasteiger partial charge in [-0.15, -0.1) is 0 Å². The van der Waals surface area contributed by atoms with Crippen molar-refractivity contribution in [2.24, 2.45) is 0 Å². The number of anilines is 1. The maximum atomic E-state index is 12.1. The molecule has 1 fully saturated rings. The maximum Gasteiger partial charge on any atom is 0.321 e. The van der Waals surface area contributed by atoms with Crippen molar-refractivity contribution >= 4 is 17.6 Å². The zero-order valence-corrected chi connectivity index (χ0v) is 13.0. The second-order valence-corrected chi connectivity index (χ2v) is 5.88. The van der Waals surface area contributed by atoms with E-state index in [2.05, 4.69) is 10.6 Å². The fourth-order valence-electron chi connectivity index (χ4n) is 2.39. The Morgan fingerprint density at radius 1 is 1.27 bits per heavy atom. The standard InChI is InChI=1S/C16H23N3O3/c1-11(2)17-15(21)12-5-7-13(8-6-12)18-16(22)19-9-3-4-14(20)10-19/h5-8,11,14,20H,3-4,9-10H2,1-2H3,(H,17,21)(H,18,22)/t14-/m1/s1. The van der Waals surface area contributed by atoms with Gasteiger partial charge in [0.25, 0.3) is 5.91 Å². The van der Waals surface area contributed by atoms with Crippen LogP contribution in [0.5, 0.6) is 0 Å². The van der Waals surface area contributed by atoms with Crippen LogP contribution in [0.4, 0.5) is 10.5 Å². The van der Waals surface area contributed by atoms with Crippen LogP contribution in [0.15, 0.2) is 24.3 Å². The van der Waals surface area contributed by atoms with Gasteiger partial charge in [0.15, 0.2) is 0 Å². The zero-order chi connectivity index (χ0) is 16.1. The number of piperidine rings is 1. The molecule has 0 bridgehead atoms. The van der Waals surface area contributed by atoms with E-state index in [0.29, 0.717) is 24.3 Å². The summed E-state index contributed by atoms with van der Waals surface area (Å²) in [4.78, 5) is 25.5. The van der Waals surface area contributed by atoms with Crippen molar-refractivity contribution < 1.29 is 14.7 Å². The molecule has 0 radical (unpaired) electrons. The molecule has 3 N–H and O–H groups in total. The average molecular weight is 305 g/mol. The minimum Gasteiger partial charge on any atom is -0.391 e. The van der Waals surface area contributed by atoms with E-state index >= 15 is 0 Å². The number of aliphatic hydroxyl groups excluding tert-OH is 1. The number of likely N-dealkylation sites (tertiary alicyclic amines) is 1. The van der Waals surface area contributed by atoms with Crippen LogP contribution in [0.2, 0.25) is 0 Å². The fraction of sp³-hybridized carbons (Fsp3) is 0.500. The molecule has 6 nitrogen and oxygen atoms in total. The summed E-state index contributed by atoms with van der Waals surface area (Å²) in [6.07, 6.45) is 1.10. The average Bonchev–Trinajstić information content (AvgIpc) is 2.47. The van der Waals surface area contributed by atoms with Crippen LogP contribution < -0.4 is 10.6 Å². The Hall–Kier alpha value is -2.08. The Morgan fingerprint density at radius 2 is 1.95 bits per heavy atom. The molecule has 1 atom stereocenters. The van der Waals surface area contributed by atoms with E-state index in [4.69, 9.17) is 0 Å². The van der Waals surface area contributed by atoms with Crippen LogP contribution in [-0.4, -0.2) is 47.2 Å². The molecule has 2 rings (SSSR count). The van der Waals surface area contributed by atoms with E-state index in [9.17, 15) is 14.7 Å². The number of nitrogens with one attached hydrogen (secondary N) is 2. The van der Waals surface area contributed by atoms with Crippen molar-refractivity contribution in [1.29, 1.82) is 0 Å². The first-order chi connectivity index (χ1) is 10.5. The number of nitrogens with zero attached hydrogens (tertiary/aromatic N) is 1. The molecule has 1 aliphatic rings. The Labute approximate surface area is 130 Å². The molecular weight excluding hydrogens is 282 g/mol. The van der Waals surface area contributed by atoms with Gasteiger partial charge in [-0.3, -0.25) is 4.79 Å². The van der Waals surface area contributed by atoms with Crippen molar-refractivity contribution in [3.05, 3.63) is 29.8 Å². The van der Waals surface area contributed by atoms with Gasteiger partial charge in [0.1, 0.15) is 0 Å². The number of β-amino-alcohol motifs (C(OH)–C–C–N with tert-alkyl or cyclic N) is 1. The van der Waals surface area contributed by atoms with E-state index in [0.717, 1.165) is 12.8 Å². The largest absolute Gasteiger partial charge is 0.391 e. The maximum absolute atomic E-state index is 12.1. The first-order valence-corrected chi connectivity index (χ1v) is 7.60. The summed E-state index contributed by atoms with van der Waals surface area (Å²) >= 11 is 0. The van der Waals surface area contributed by atoms with Gasteiger partial charge in [0, 0.05) is 30.4 Å². The lowest BCUT2D eigenvalue weighted by atomic mass is 10.1. The molecule has 1 aliphatic heterocycles. The molecule has 1 aromatic rings. The summed E-state index contributed by atoms with van der Waals surface area (Å²) in [7, 11) is 0. The molecule has 0 spiro atoms. The smallest absolute Gasteiger partial charge is 0.321 e. The van der Waals surface area contributed by atoms with Crippen LogP contribution in [0.1, 0.15) is 37.0 Å². The second-order valence-electron chi connectivity index (χ2n) is 5.88. The van der Waals surface area contributed by atoms with E-state index in [1.165, 1.54) is 0 Å². The number of amides is 3. The molecule has 1 heterocycles. The third-order valence-corrected chi connectivity index (χ3v) is 3.50. The Morgan fingerprint density at radius 3 is 2.55 bits per heavy atom. The highest BCUT2D eigenvalue weighted by atomic mass is 16.3. The monoisotopic (exact) mass is 305 g/mol. The lowest BCUT2D eigenvalue weighted by Gasteiger charge is -2.30. The SMILES string of the molecule is CC(C)NC(=O)c1ccc(NC(=O)N2CCC[C@@H](O)C2)cc1. The van der Waals surface area contributed by atoms with E-state index in [-0.39, 0.29) is 18.0 Å². The van der Waals surface area contributed by atoms with Gasteiger partial charge in [0.2, 0.25) is 0 Å². The van der Waals surface area contributed by atoms with Crippen molar-refractivity contribution in [3.63, 3.8) is 0 Å². The molecule has 1 saturated heterocycles. The Kier molecular flexibility index (Phi) is 5.38. The molecule has 0 unspecified atom stereocenters. The number of carbonyl (C=O) groups excluding carboxylic acids is 2. The van der Waals surface area contributed by atoms with Gasteiger partial charge in [-0.25, -0.2) is 4.79 Å². The Bertz CT molecular complexity index is 528. The molecule has 3 amide bonds. The van der Waals surface area contributed by atoms with Gasteiger partial charge in [-0.2, -0.15) is 0 Å². The molecule has 22 heavy (non-hydrogen) atoms. The third-order valence-electron chi connectivity index (χ3n) is 3.50. The predicted octanol–water partition coefficient (Wildman–Crippen LogP) is 1.81. The molecule has 0 saturated carbocycles. The topological polar surface area (TPSA) is 81.7 Å². The first-order valence-electron chi connectivity index (χ1n) is 7.60. The number of urea groups is 1. The summed E-state index contributed by atoms with van der Waals surface area (Å²) in [6.45, 7) is 4.82. The van der Waals surface area contributed by atoms with Gasteiger partial charge in [-0.1, -0.05) is 0 Å². The molecule has 6 heteroatoms. The summed E-state index contributed by atoms with van der Waals surface area (Å²) in [5, 5.41) is 15.2. The van der Waals surface area contributed by atoms with E-state index in [1.54, 1.807) is 29.2 Å². The van der Waals surface area contributed by atoms with E-state index in [1.807, 2.05) is 13.8 Å². The lowest BCUT2D eigenvalue weighted by molar-refractivity contribution is 0.0883. The van der Waals surface area contributed by atoms with Crippen LogP contribution >= 0.6 is 0 Å². The summed E-state index contributed by atoms with van der Waals surface area (Å²) in [5.74, 6) is -0.132. The summed E-state index contributed by atoms with van der Waals surface area (Å²) < 4.78 is 0. The van der Waals surface area contributed by atoms with Gasteiger partial charge < -0.3 is 20.6 Å². The van der Waals surface area contributed by atoms with Crippen molar-refractivity contribution in [2.75, 3.05) is 18.4 Å². The van der Waals surface area contributed by atoms with Crippen molar-refractivity contribution in [1.82, 2.24) is 10.2 Å². The minimum absolute atomic E-state index is 0.0809. The molecule has 0 aromatic heterocycles. The first kappa shape index (κ1) is 16.3. The highest BCUT2D eigenvalue weighted by molar-refractivity contribution is 5.95. The molecule has 120 valence electrons. The van der Waals surface area contributed by atoms with Gasteiger partial charge >= 0.3 is 6.03 Å². The number of carbonyl (C=O) groups is 2. The fourth-order valence-corrected chi connectivity index (χ4v) is 2.39. The molecular formula is C16H23N3O3. The Balaban J connectivity index is 1.93. The number of hydrogen-bond acceptors (Lipinski definition) is 3. The highest BCUT2D eigenvalue weighted by Gasteiger charge is 2.22. The predicted molar refractivity (Wildman–Crippen MR) is 84.9 cm³/mol. The number of rotatable bonds is 3. The lowest BCUT2D eigenvalue weighted by Crippen LogP contribution is -2.44. The zero-order valence-electron chi connectivity index (χ0n) is 13.0. The van der Waals surface area contributed by atoms with E-state index < -0.39 is 6.10 Å². The highest BCUT2D eigenvalue weighted by Crippen LogP contribution is 2.14. The summed E-state index contributed by atoms with van der Waals surface area (Å²) in [5.41, 5.74) is 1.19. The number of hydrogen-bond donors (Lipinski definition) is 3.